The lowest BCUT2D eigenvalue weighted by Gasteiger charge is -2.28. The lowest BCUT2D eigenvalue weighted by molar-refractivity contribution is 0.0938. The Balaban J connectivity index is 1.50. The molecule has 0 radical (unpaired) electrons. The number of likely N-dealkylation sites (tertiary alicyclic amines) is 1. The molecule has 0 aliphatic carbocycles. The van der Waals surface area contributed by atoms with Gasteiger partial charge in [-0.2, -0.15) is 0 Å². The molecule has 4 rings (SSSR count). The SMILES string of the molecule is COc1ccc(C(CNC(=O)c2ccc3ccccc3c2)N2CCCC2)cc1. The van der Waals surface area contributed by atoms with Gasteiger partial charge in [0.15, 0.2) is 0 Å². The van der Waals surface area contributed by atoms with Crippen LogP contribution >= 0.6 is 0 Å². The number of benzene rings is 3. The van der Waals surface area contributed by atoms with Gasteiger partial charge in [0.25, 0.3) is 5.91 Å². The summed E-state index contributed by atoms with van der Waals surface area (Å²) in [6.07, 6.45) is 2.43. The third-order valence-electron chi connectivity index (χ3n) is 5.55. The van der Waals surface area contributed by atoms with E-state index < -0.39 is 0 Å². The largest absolute Gasteiger partial charge is 0.497 e. The maximum atomic E-state index is 12.8. The van der Waals surface area contributed by atoms with Crippen molar-refractivity contribution in [1.82, 2.24) is 10.2 Å². The molecule has 3 aromatic carbocycles. The maximum absolute atomic E-state index is 12.8. The van der Waals surface area contributed by atoms with E-state index in [2.05, 4.69) is 28.4 Å². The zero-order chi connectivity index (χ0) is 19.3. The average molecular weight is 374 g/mol. The predicted molar refractivity (Wildman–Crippen MR) is 113 cm³/mol. The first-order valence-corrected chi connectivity index (χ1v) is 9.89. The molecule has 1 unspecified atom stereocenters. The van der Waals surface area contributed by atoms with Crippen LogP contribution in [-0.2, 0) is 0 Å². The van der Waals surface area contributed by atoms with Gasteiger partial charge >= 0.3 is 0 Å². The summed E-state index contributed by atoms with van der Waals surface area (Å²) < 4.78 is 5.28. The fourth-order valence-electron chi connectivity index (χ4n) is 3.96. The van der Waals surface area contributed by atoms with E-state index in [0.717, 1.165) is 29.6 Å². The summed E-state index contributed by atoms with van der Waals surface area (Å²) in [5.41, 5.74) is 1.91. The molecule has 1 atom stereocenters. The van der Waals surface area contributed by atoms with Crippen molar-refractivity contribution in [3.63, 3.8) is 0 Å². The average Bonchev–Trinajstić information content (AvgIpc) is 3.28. The monoisotopic (exact) mass is 374 g/mol. The number of rotatable bonds is 6. The molecule has 0 spiro atoms. The minimum Gasteiger partial charge on any atom is -0.497 e. The number of hydrogen-bond acceptors (Lipinski definition) is 3. The summed E-state index contributed by atoms with van der Waals surface area (Å²) in [6.45, 7) is 2.74. The first-order valence-electron chi connectivity index (χ1n) is 9.89. The smallest absolute Gasteiger partial charge is 0.251 e. The summed E-state index contributed by atoms with van der Waals surface area (Å²) in [4.78, 5) is 15.3. The van der Waals surface area contributed by atoms with Crippen molar-refractivity contribution in [2.24, 2.45) is 0 Å². The Morgan fingerprint density at radius 2 is 1.71 bits per heavy atom. The number of fused-ring (bicyclic) bond motifs is 1. The quantitative estimate of drug-likeness (QED) is 0.695. The van der Waals surface area contributed by atoms with Crippen LogP contribution in [0.5, 0.6) is 5.75 Å². The van der Waals surface area contributed by atoms with Gasteiger partial charge in [-0.15, -0.1) is 0 Å². The molecular weight excluding hydrogens is 348 g/mol. The highest BCUT2D eigenvalue weighted by molar-refractivity contribution is 5.98. The van der Waals surface area contributed by atoms with Gasteiger partial charge in [0.1, 0.15) is 5.75 Å². The van der Waals surface area contributed by atoms with Gasteiger partial charge in [0.2, 0.25) is 0 Å². The zero-order valence-corrected chi connectivity index (χ0v) is 16.2. The van der Waals surface area contributed by atoms with Crippen molar-refractivity contribution in [2.45, 2.75) is 18.9 Å². The maximum Gasteiger partial charge on any atom is 0.251 e. The third-order valence-corrected chi connectivity index (χ3v) is 5.55. The minimum atomic E-state index is -0.0246. The first-order chi connectivity index (χ1) is 13.7. The van der Waals surface area contributed by atoms with E-state index in [-0.39, 0.29) is 11.9 Å². The van der Waals surface area contributed by atoms with Crippen LogP contribution in [0, 0.1) is 0 Å². The van der Waals surface area contributed by atoms with E-state index in [9.17, 15) is 4.79 Å². The number of carbonyl (C=O) groups is 1. The highest BCUT2D eigenvalue weighted by Gasteiger charge is 2.24. The topological polar surface area (TPSA) is 41.6 Å². The summed E-state index contributed by atoms with van der Waals surface area (Å²) in [7, 11) is 1.68. The van der Waals surface area contributed by atoms with Crippen LogP contribution in [0.4, 0.5) is 0 Å². The summed E-state index contributed by atoms with van der Waals surface area (Å²) >= 11 is 0. The number of nitrogens with one attached hydrogen (secondary N) is 1. The standard InChI is InChI=1S/C24H26N2O2/c1-28-22-12-10-19(11-13-22)23(26-14-4-5-15-26)17-25-24(27)21-9-8-18-6-2-3-7-20(18)16-21/h2-3,6-13,16,23H,4-5,14-15,17H2,1H3,(H,25,27). The van der Waals surface area contributed by atoms with E-state index in [1.54, 1.807) is 7.11 Å². The molecule has 1 amide bonds. The third kappa shape index (κ3) is 4.02. The van der Waals surface area contributed by atoms with Crippen LogP contribution in [0.1, 0.15) is 34.8 Å². The highest BCUT2D eigenvalue weighted by atomic mass is 16.5. The van der Waals surface area contributed by atoms with E-state index in [4.69, 9.17) is 4.74 Å². The predicted octanol–water partition coefficient (Wildman–Crippen LogP) is 4.42. The van der Waals surface area contributed by atoms with Gasteiger partial charge in [-0.1, -0.05) is 42.5 Å². The van der Waals surface area contributed by atoms with Gasteiger partial charge in [0.05, 0.1) is 13.2 Å². The molecule has 0 aromatic heterocycles. The van der Waals surface area contributed by atoms with E-state index in [0.29, 0.717) is 12.1 Å². The zero-order valence-electron chi connectivity index (χ0n) is 16.2. The van der Waals surface area contributed by atoms with Gasteiger partial charge < -0.3 is 10.1 Å². The van der Waals surface area contributed by atoms with Crippen molar-refractivity contribution >= 4 is 16.7 Å². The van der Waals surface area contributed by atoms with Crippen molar-refractivity contribution in [3.8, 4) is 5.75 Å². The fraction of sp³-hybridized carbons (Fsp3) is 0.292. The van der Waals surface area contributed by atoms with Crippen LogP contribution < -0.4 is 10.1 Å². The van der Waals surface area contributed by atoms with E-state index in [1.807, 2.05) is 48.5 Å². The molecule has 4 nitrogen and oxygen atoms in total. The second kappa shape index (κ2) is 8.44. The summed E-state index contributed by atoms with van der Waals surface area (Å²) in [5.74, 6) is 0.826. The van der Waals surface area contributed by atoms with E-state index >= 15 is 0 Å². The molecule has 1 saturated heterocycles. The minimum absolute atomic E-state index is 0.0246. The van der Waals surface area contributed by atoms with E-state index in [1.165, 1.54) is 18.4 Å². The Hall–Kier alpha value is -2.85. The number of hydrogen-bond donors (Lipinski definition) is 1. The first kappa shape index (κ1) is 18.5. The lowest BCUT2D eigenvalue weighted by atomic mass is 10.0. The number of nitrogens with zero attached hydrogens (tertiary/aromatic N) is 1. The van der Waals surface area contributed by atoms with Crippen molar-refractivity contribution < 1.29 is 9.53 Å². The van der Waals surface area contributed by atoms with Crippen LogP contribution in [0.15, 0.2) is 66.7 Å². The molecule has 1 aliphatic rings. The molecule has 1 aliphatic heterocycles. The van der Waals surface area contributed by atoms with Gasteiger partial charge in [0, 0.05) is 12.1 Å². The second-order valence-corrected chi connectivity index (χ2v) is 7.30. The molecule has 1 heterocycles. The normalized spacial score (nSPS) is 15.5. The Morgan fingerprint density at radius 3 is 2.43 bits per heavy atom. The molecular formula is C24H26N2O2. The molecule has 1 fully saturated rings. The number of carbonyl (C=O) groups excluding carboxylic acids is 1. The number of methoxy groups -OCH3 is 1. The van der Waals surface area contributed by atoms with Gasteiger partial charge in [-0.25, -0.2) is 0 Å². The molecule has 1 N–H and O–H groups in total. The molecule has 0 saturated carbocycles. The van der Waals surface area contributed by atoms with Crippen LogP contribution in [0.2, 0.25) is 0 Å². The lowest BCUT2D eigenvalue weighted by Crippen LogP contribution is -2.36. The van der Waals surface area contributed by atoms with Gasteiger partial charge in [-0.3, -0.25) is 9.69 Å². The Bertz CT molecular complexity index is 946. The molecule has 4 heteroatoms. The van der Waals surface area contributed by atoms with Gasteiger partial charge in [-0.05, 0) is 66.5 Å². The summed E-state index contributed by atoms with van der Waals surface area (Å²) in [5, 5.41) is 5.39. The molecule has 0 bridgehead atoms. The Kier molecular flexibility index (Phi) is 5.58. The Labute approximate surface area is 166 Å². The molecule has 3 aromatic rings. The summed E-state index contributed by atoms with van der Waals surface area (Å²) in [6, 6.07) is 22.3. The van der Waals surface area contributed by atoms with Crippen molar-refractivity contribution in [2.75, 3.05) is 26.7 Å². The number of amides is 1. The highest BCUT2D eigenvalue weighted by Crippen LogP contribution is 2.26. The Morgan fingerprint density at radius 1 is 1.00 bits per heavy atom. The second-order valence-electron chi connectivity index (χ2n) is 7.30. The van der Waals surface area contributed by atoms with Crippen LogP contribution in [-0.4, -0.2) is 37.6 Å². The molecule has 144 valence electrons. The molecule has 28 heavy (non-hydrogen) atoms. The van der Waals surface area contributed by atoms with Crippen LogP contribution in [0.25, 0.3) is 10.8 Å². The fourth-order valence-corrected chi connectivity index (χ4v) is 3.96. The van der Waals surface area contributed by atoms with Crippen molar-refractivity contribution in [3.05, 3.63) is 77.9 Å². The number of ether oxygens (including phenoxy) is 1. The van der Waals surface area contributed by atoms with Crippen molar-refractivity contribution in [1.29, 1.82) is 0 Å². The van der Waals surface area contributed by atoms with Crippen LogP contribution in [0.3, 0.4) is 0 Å².